The summed E-state index contributed by atoms with van der Waals surface area (Å²) in [6.45, 7) is 1.69. The van der Waals surface area contributed by atoms with Gasteiger partial charge in [0.1, 0.15) is 5.54 Å². The summed E-state index contributed by atoms with van der Waals surface area (Å²) in [7, 11) is 1.67. The van der Waals surface area contributed by atoms with E-state index < -0.39 is 11.5 Å². The van der Waals surface area contributed by atoms with E-state index in [-0.39, 0.29) is 0 Å². The van der Waals surface area contributed by atoms with Gasteiger partial charge in [0.2, 0.25) is 0 Å². The molecule has 0 amide bonds. The maximum Gasteiger partial charge on any atom is 0.324 e. The molecule has 1 atom stereocenters. The molecule has 0 aliphatic heterocycles. The number of carbonyl (C=O) groups is 1. The van der Waals surface area contributed by atoms with Crippen LogP contribution in [0.4, 0.5) is 0 Å². The SMILES string of the molecule is CNC(C)(CSc1cccs1)C(=O)O. The first kappa shape index (κ1) is 11.6. The van der Waals surface area contributed by atoms with E-state index in [4.69, 9.17) is 5.11 Å². The number of nitrogens with one attached hydrogen (secondary N) is 1. The van der Waals surface area contributed by atoms with Crippen LogP contribution in [-0.4, -0.2) is 29.4 Å². The van der Waals surface area contributed by atoms with Crippen LogP contribution in [0.15, 0.2) is 21.7 Å². The molecule has 0 aromatic carbocycles. The first-order valence-corrected chi connectivity index (χ1v) is 6.03. The fourth-order valence-electron chi connectivity index (χ4n) is 0.802. The Kier molecular flexibility index (Phi) is 3.97. The fraction of sp³-hybridized carbons (Fsp3) is 0.444. The van der Waals surface area contributed by atoms with Crippen molar-refractivity contribution in [1.29, 1.82) is 0 Å². The third-order valence-corrected chi connectivity index (χ3v) is 4.47. The predicted molar refractivity (Wildman–Crippen MR) is 60.1 cm³/mol. The number of carboxylic acid groups (broad SMARTS) is 1. The molecule has 14 heavy (non-hydrogen) atoms. The Morgan fingerprint density at radius 1 is 1.79 bits per heavy atom. The smallest absolute Gasteiger partial charge is 0.324 e. The van der Waals surface area contributed by atoms with Gasteiger partial charge < -0.3 is 10.4 Å². The van der Waals surface area contributed by atoms with Crippen molar-refractivity contribution in [3.8, 4) is 0 Å². The van der Waals surface area contributed by atoms with E-state index in [2.05, 4.69) is 5.32 Å². The lowest BCUT2D eigenvalue weighted by Crippen LogP contribution is -2.49. The van der Waals surface area contributed by atoms with E-state index in [0.29, 0.717) is 5.75 Å². The fourth-order valence-corrected chi connectivity index (χ4v) is 2.74. The highest BCUT2D eigenvalue weighted by atomic mass is 32.2. The highest BCUT2D eigenvalue weighted by molar-refractivity contribution is 8.01. The quantitative estimate of drug-likeness (QED) is 0.760. The van der Waals surface area contributed by atoms with Crippen LogP contribution < -0.4 is 5.32 Å². The minimum absolute atomic E-state index is 0.527. The summed E-state index contributed by atoms with van der Waals surface area (Å²) >= 11 is 3.19. The first-order chi connectivity index (χ1) is 6.58. The third-order valence-electron chi connectivity index (χ3n) is 2.02. The van der Waals surface area contributed by atoms with Crippen LogP contribution in [0.3, 0.4) is 0 Å². The zero-order valence-corrected chi connectivity index (χ0v) is 9.74. The average molecular weight is 231 g/mol. The van der Waals surface area contributed by atoms with Crippen molar-refractivity contribution < 1.29 is 9.90 Å². The number of likely N-dealkylation sites (N-methyl/N-ethyl adjacent to an activating group) is 1. The van der Waals surface area contributed by atoms with Crippen LogP contribution in [-0.2, 0) is 4.79 Å². The highest BCUT2D eigenvalue weighted by Gasteiger charge is 2.31. The van der Waals surface area contributed by atoms with Crippen LogP contribution in [0.2, 0.25) is 0 Å². The van der Waals surface area contributed by atoms with Crippen molar-refractivity contribution in [2.24, 2.45) is 0 Å². The van der Waals surface area contributed by atoms with Gasteiger partial charge in [-0.1, -0.05) is 6.07 Å². The highest BCUT2D eigenvalue weighted by Crippen LogP contribution is 2.26. The first-order valence-electron chi connectivity index (χ1n) is 4.17. The third kappa shape index (κ3) is 2.73. The van der Waals surface area contributed by atoms with E-state index in [9.17, 15) is 4.79 Å². The predicted octanol–water partition coefficient (Wildman–Crippen LogP) is 1.90. The molecule has 0 bridgehead atoms. The van der Waals surface area contributed by atoms with Gasteiger partial charge in [-0.2, -0.15) is 0 Å². The second-order valence-corrected chi connectivity index (χ2v) is 5.33. The second kappa shape index (κ2) is 4.82. The largest absolute Gasteiger partial charge is 0.480 e. The Morgan fingerprint density at radius 2 is 2.50 bits per heavy atom. The van der Waals surface area contributed by atoms with Crippen molar-refractivity contribution in [2.75, 3.05) is 12.8 Å². The topological polar surface area (TPSA) is 49.3 Å². The average Bonchev–Trinajstić information content (AvgIpc) is 2.66. The van der Waals surface area contributed by atoms with Crippen LogP contribution in [0.5, 0.6) is 0 Å². The van der Waals surface area contributed by atoms with Crippen molar-refractivity contribution in [1.82, 2.24) is 5.32 Å². The zero-order valence-electron chi connectivity index (χ0n) is 8.11. The molecule has 1 rings (SSSR count). The molecular weight excluding hydrogens is 218 g/mol. The summed E-state index contributed by atoms with van der Waals surface area (Å²) in [6.07, 6.45) is 0. The number of aliphatic carboxylic acids is 1. The summed E-state index contributed by atoms with van der Waals surface area (Å²) in [5.41, 5.74) is -0.853. The van der Waals surface area contributed by atoms with Crippen molar-refractivity contribution >= 4 is 29.1 Å². The summed E-state index contributed by atoms with van der Waals surface area (Å²) in [5, 5.41) is 13.8. The molecule has 0 saturated heterocycles. The van der Waals surface area contributed by atoms with Gasteiger partial charge in [-0.05, 0) is 25.4 Å². The van der Waals surface area contributed by atoms with Crippen molar-refractivity contribution in [2.45, 2.75) is 16.7 Å². The maximum atomic E-state index is 10.9. The molecule has 1 unspecified atom stereocenters. The molecular formula is C9H13NO2S2. The molecule has 2 N–H and O–H groups in total. The van der Waals surface area contributed by atoms with E-state index >= 15 is 0 Å². The van der Waals surface area contributed by atoms with Gasteiger partial charge in [0.15, 0.2) is 0 Å². The number of thiophene rings is 1. The Hall–Kier alpha value is -0.520. The van der Waals surface area contributed by atoms with Gasteiger partial charge in [0.05, 0.1) is 4.21 Å². The van der Waals surface area contributed by atoms with Crippen LogP contribution >= 0.6 is 23.1 Å². The summed E-state index contributed by atoms with van der Waals surface area (Å²) in [6, 6.07) is 3.96. The molecule has 0 radical (unpaired) electrons. The Balaban J connectivity index is 2.54. The molecule has 1 aromatic heterocycles. The lowest BCUT2D eigenvalue weighted by molar-refractivity contribution is -0.142. The van der Waals surface area contributed by atoms with Crippen LogP contribution in [0.1, 0.15) is 6.92 Å². The Morgan fingerprint density at radius 3 is 2.93 bits per heavy atom. The Bertz CT molecular complexity index is 300. The molecule has 3 nitrogen and oxygen atoms in total. The molecule has 1 aromatic rings. The van der Waals surface area contributed by atoms with E-state index in [1.807, 2.05) is 17.5 Å². The number of carboxylic acids is 1. The lowest BCUT2D eigenvalue weighted by atomic mass is 10.1. The molecule has 5 heteroatoms. The van der Waals surface area contributed by atoms with Gasteiger partial charge in [-0.25, -0.2) is 0 Å². The maximum absolute atomic E-state index is 10.9. The minimum atomic E-state index is -0.853. The standard InChI is InChI=1S/C9H13NO2S2/c1-9(10-2,8(11)12)6-14-7-4-3-5-13-7/h3-5,10H,6H2,1-2H3,(H,11,12). The number of hydrogen-bond acceptors (Lipinski definition) is 4. The summed E-state index contributed by atoms with van der Waals surface area (Å²) < 4.78 is 1.15. The van der Waals surface area contributed by atoms with Gasteiger partial charge in [-0.15, -0.1) is 23.1 Å². The van der Waals surface area contributed by atoms with Gasteiger partial charge in [-0.3, -0.25) is 4.79 Å². The van der Waals surface area contributed by atoms with E-state index in [0.717, 1.165) is 4.21 Å². The second-order valence-electron chi connectivity index (χ2n) is 3.11. The van der Waals surface area contributed by atoms with Crippen LogP contribution in [0.25, 0.3) is 0 Å². The number of hydrogen-bond donors (Lipinski definition) is 2. The van der Waals surface area contributed by atoms with Crippen molar-refractivity contribution in [3.05, 3.63) is 17.5 Å². The molecule has 0 spiro atoms. The molecule has 0 aliphatic carbocycles. The number of rotatable bonds is 5. The molecule has 0 aliphatic rings. The molecule has 0 fully saturated rings. The molecule has 1 heterocycles. The monoisotopic (exact) mass is 231 g/mol. The van der Waals surface area contributed by atoms with Gasteiger partial charge in [0, 0.05) is 5.75 Å². The van der Waals surface area contributed by atoms with E-state index in [1.54, 1.807) is 37.1 Å². The molecule has 0 saturated carbocycles. The van der Waals surface area contributed by atoms with Gasteiger partial charge in [0.25, 0.3) is 0 Å². The normalized spacial score (nSPS) is 15.0. The van der Waals surface area contributed by atoms with Crippen LogP contribution in [0, 0.1) is 0 Å². The minimum Gasteiger partial charge on any atom is -0.480 e. The van der Waals surface area contributed by atoms with E-state index in [1.165, 1.54) is 0 Å². The zero-order chi connectivity index (χ0) is 10.6. The van der Waals surface area contributed by atoms with Crippen molar-refractivity contribution in [3.63, 3.8) is 0 Å². The summed E-state index contributed by atoms with van der Waals surface area (Å²) in [4.78, 5) is 10.9. The molecule has 78 valence electrons. The summed E-state index contributed by atoms with van der Waals surface area (Å²) in [5.74, 6) is -0.289. The lowest BCUT2D eigenvalue weighted by Gasteiger charge is -2.23. The Labute approximate surface area is 91.5 Å². The van der Waals surface area contributed by atoms with Gasteiger partial charge >= 0.3 is 5.97 Å². The number of thioether (sulfide) groups is 1.